The third kappa shape index (κ3) is 3.99. The Bertz CT molecular complexity index is 1300. The number of thioether (sulfide) groups is 1. The van der Waals surface area contributed by atoms with Crippen molar-refractivity contribution in [1.29, 1.82) is 15.8 Å². The molecule has 0 bridgehead atoms. The fraction of sp³-hybridized carbons (Fsp3) is 0.321. The second-order valence-corrected chi connectivity index (χ2v) is 10.5. The van der Waals surface area contributed by atoms with E-state index in [1.165, 1.54) is 5.56 Å². The molecule has 2 atom stereocenters. The predicted molar refractivity (Wildman–Crippen MR) is 136 cm³/mol. The molecule has 0 radical (unpaired) electrons. The lowest BCUT2D eigenvalue weighted by Gasteiger charge is -2.44. The van der Waals surface area contributed by atoms with Crippen LogP contribution in [-0.4, -0.2) is 0 Å². The van der Waals surface area contributed by atoms with Crippen molar-refractivity contribution >= 4 is 23.4 Å². The maximum Gasteiger partial charge on any atom is 0.191 e. The number of aryl methyl sites for hydroxylation is 2. The molecule has 0 fully saturated rings. The number of benzene rings is 2. The van der Waals surface area contributed by atoms with E-state index in [0.717, 1.165) is 52.2 Å². The fourth-order valence-corrected chi connectivity index (χ4v) is 6.40. The van der Waals surface area contributed by atoms with Crippen molar-refractivity contribution in [3.8, 4) is 18.2 Å². The predicted octanol–water partition coefficient (Wildman–Crippen LogP) is 6.84. The van der Waals surface area contributed by atoms with Crippen LogP contribution in [0.25, 0.3) is 0 Å². The van der Waals surface area contributed by atoms with Gasteiger partial charge in [-0.05, 0) is 91.1 Å². The van der Waals surface area contributed by atoms with Crippen LogP contribution in [0.15, 0.2) is 64.2 Å². The molecular weight excluding hydrogens is 460 g/mol. The van der Waals surface area contributed by atoms with Crippen LogP contribution in [0, 0.1) is 59.2 Å². The maximum atomic E-state index is 10.3. The molecule has 0 aromatic heterocycles. The minimum atomic E-state index is -1.58. The number of nitriles is 3. The average Bonchev–Trinajstić information content (AvgIpc) is 2.84. The topological polar surface area (TPSA) is 97.4 Å². The van der Waals surface area contributed by atoms with Crippen molar-refractivity contribution in [2.24, 2.45) is 17.1 Å². The largest absolute Gasteiger partial charge is 0.399 e. The highest BCUT2D eigenvalue weighted by Crippen LogP contribution is 2.56. The van der Waals surface area contributed by atoms with Gasteiger partial charge in [-0.2, -0.15) is 15.8 Å². The summed E-state index contributed by atoms with van der Waals surface area (Å²) in [5, 5.41) is 31.2. The van der Waals surface area contributed by atoms with E-state index in [-0.39, 0.29) is 11.6 Å². The third-order valence-electron chi connectivity index (χ3n) is 7.07. The summed E-state index contributed by atoms with van der Waals surface area (Å²) in [5.74, 6) is 0.237. The Morgan fingerprint density at radius 2 is 1.79 bits per heavy atom. The lowest BCUT2D eigenvalue weighted by atomic mass is 9.56. The van der Waals surface area contributed by atoms with Crippen molar-refractivity contribution < 1.29 is 0 Å². The average molecular weight is 485 g/mol. The Balaban J connectivity index is 1.83. The molecule has 170 valence electrons. The van der Waals surface area contributed by atoms with Gasteiger partial charge in [0.05, 0.1) is 23.4 Å². The summed E-state index contributed by atoms with van der Waals surface area (Å²) in [5.41, 5.74) is 10.5. The molecule has 2 aliphatic rings. The number of hydrogen-bond acceptors (Lipinski definition) is 5. The standard InChI is InChI=1S/C28H25ClN4S/c1-17-11-18(2)24(12-19(17)14-34-21-9-7-20(29)8-10-21)26-23-6-4-3-5-22(23)25(13-30)27(33)28(26,15-31)16-32/h5,7-12,23,26H,3-4,6,14,33H2,1-2H3/t23-,26-/m0/s1. The zero-order chi connectivity index (χ0) is 24.5. The van der Waals surface area contributed by atoms with Gasteiger partial charge in [0.25, 0.3) is 0 Å². The molecule has 2 N–H and O–H groups in total. The molecular formula is C28H25ClN4S. The number of hydrogen-bond donors (Lipinski definition) is 1. The SMILES string of the molecule is Cc1cc(C)c([C@@H]2[C@H]3CCCC=C3C(C#N)=C(N)C2(C#N)C#N)cc1CSc1ccc(Cl)cc1. The number of nitrogens with zero attached hydrogens (tertiary/aromatic N) is 3. The van der Waals surface area contributed by atoms with E-state index in [2.05, 4.69) is 43.3 Å². The van der Waals surface area contributed by atoms with Gasteiger partial charge in [-0.1, -0.05) is 29.8 Å². The summed E-state index contributed by atoms with van der Waals surface area (Å²) in [6.45, 7) is 4.12. The first kappa shape index (κ1) is 24.0. The molecule has 2 aromatic carbocycles. The number of rotatable bonds is 4. The lowest BCUT2D eigenvalue weighted by molar-refractivity contribution is 0.316. The van der Waals surface area contributed by atoms with Crippen molar-refractivity contribution in [3.05, 3.63) is 86.6 Å². The van der Waals surface area contributed by atoms with Crippen LogP contribution in [0.3, 0.4) is 0 Å². The Morgan fingerprint density at radius 1 is 1.09 bits per heavy atom. The monoisotopic (exact) mass is 484 g/mol. The van der Waals surface area contributed by atoms with Gasteiger partial charge < -0.3 is 5.73 Å². The third-order valence-corrected chi connectivity index (χ3v) is 8.38. The van der Waals surface area contributed by atoms with Gasteiger partial charge in [0.15, 0.2) is 5.41 Å². The zero-order valence-corrected chi connectivity index (χ0v) is 20.8. The van der Waals surface area contributed by atoms with Crippen molar-refractivity contribution in [1.82, 2.24) is 0 Å². The molecule has 34 heavy (non-hydrogen) atoms. The lowest BCUT2D eigenvalue weighted by Crippen LogP contribution is -2.43. The van der Waals surface area contributed by atoms with Crippen LogP contribution < -0.4 is 5.73 Å². The molecule has 0 heterocycles. The fourth-order valence-electron chi connectivity index (χ4n) is 5.32. The molecule has 0 aliphatic heterocycles. The van der Waals surface area contributed by atoms with Gasteiger partial charge in [-0.3, -0.25) is 0 Å². The summed E-state index contributed by atoms with van der Waals surface area (Å²) < 4.78 is 0. The molecule has 4 rings (SSSR count). The summed E-state index contributed by atoms with van der Waals surface area (Å²) in [6, 6.07) is 18.7. The first-order chi connectivity index (χ1) is 16.4. The van der Waals surface area contributed by atoms with Crippen LogP contribution >= 0.6 is 23.4 Å². The molecule has 0 saturated carbocycles. The Labute approximate surface area is 210 Å². The summed E-state index contributed by atoms with van der Waals surface area (Å²) in [7, 11) is 0. The Morgan fingerprint density at radius 3 is 2.44 bits per heavy atom. The molecule has 0 spiro atoms. The van der Waals surface area contributed by atoms with Crippen molar-refractivity contribution in [3.63, 3.8) is 0 Å². The van der Waals surface area contributed by atoms with Gasteiger partial charge in [0.2, 0.25) is 0 Å². The van der Waals surface area contributed by atoms with Gasteiger partial charge in [-0.25, -0.2) is 0 Å². The Hall–Kier alpha value is -3.17. The number of halogens is 1. The summed E-state index contributed by atoms with van der Waals surface area (Å²) in [6.07, 6.45) is 4.73. The van der Waals surface area contributed by atoms with Crippen molar-refractivity contribution in [2.75, 3.05) is 0 Å². The highest BCUT2D eigenvalue weighted by atomic mass is 35.5. The quantitative estimate of drug-likeness (QED) is 0.479. The maximum absolute atomic E-state index is 10.3. The van der Waals surface area contributed by atoms with E-state index in [0.29, 0.717) is 10.6 Å². The van der Waals surface area contributed by atoms with E-state index in [4.69, 9.17) is 17.3 Å². The highest BCUT2D eigenvalue weighted by molar-refractivity contribution is 7.98. The minimum Gasteiger partial charge on any atom is -0.399 e. The number of allylic oxidation sites excluding steroid dienone is 4. The van der Waals surface area contributed by atoms with Crippen LogP contribution in [0.2, 0.25) is 5.02 Å². The smallest absolute Gasteiger partial charge is 0.191 e. The van der Waals surface area contributed by atoms with Crippen LogP contribution in [0.1, 0.15) is 47.4 Å². The van der Waals surface area contributed by atoms with E-state index in [9.17, 15) is 15.8 Å². The van der Waals surface area contributed by atoms with Crippen LogP contribution in [0.4, 0.5) is 0 Å². The summed E-state index contributed by atoms with van der Waals surface area (Å²) >= 11 is 7.74. The van der Waals surface area contributed by atoms with Gasteiger partial charge >= 0.3 is 0 Å². The summed E-state index contributed by atoms with van der Waals surface area (Å²) in [4.78, 5) is 1.12. The second-order valence-electron chi connectivity index (χ2n) is 8.98. The minimum absolute atomic E-state index is 0.0893. The molecule has 2 aromatic rings. The Kier molecular flexibility index (Phi) is 6.77. The van der Waals surface area contributed by atoms with E-state index in [1.54, 1.807) is 11.8 Å². The van der Waals surface area contributed by atoms with Gasteiger partial charge in [0.1, 0.15) is 6.07 Å². The zero-order valence-electron chi connectivity index (χ0n) is 19.2. The molecule has 2 aliphatic carbocycles. The van der Waals surface area contributed by atoms with Crippen LogP contribution in [-0.2, 0) is 5.75 Å². The first-order valence-corrected chi connectivity index (χ1v) is 12.6. The first-order valence-electron chi connectivity index (χ1n) is 11.3. The van der Waals surface area contributed by atoms with Crippen LogP contribution in [0.5, 0.6) is 0 Å². The second kappa shape index (κ2) is 9.60. The van der Waals surface area contributed by atoms with Crippen molar-refractivity contribution in [2.45, 2.75) is 49.7 Å². The molecule has 0 amide bonds. The highest BCUT2D eigenvalue weighted by Gasteiger charge is 2.54. The number of nitrogens with two attached hydrogens (primary N) is 1. The van der Waals surface area contributed by atoms with Gasteiger partial charge in [-0.15, -0.1) is 11.8 Å². The van der Waals surface area contributed by atoms with E-state index in [1.807, 2.05) is 31.2 Å². The van der Waals surface area contributed by atoms with Gasteiger partial charge in [0, 0.05) is 21.6 Å². The van der Waals surface area contributed by atoms with E-state index < -0.39 is 11.3 Å². The number of fused-ring (bicyclic) bond motifs is 1. The normalized spacial score (nSPS) is 21.0. The molecule has 0 saturated heterocycles. The van der Waals surface area contributed by atoms with E-state index >= 15 is 0 Å². The molecule has 0 unspecified atom stereocenters. The molecule has 6 heteroatoms. The molecule has 4 nitrogen and oxygen atoms in total.